The first-order chi connectivity index (χ1) is 18.1. The lowest BCUT2D eigenvalue weighted by molar-refractivity contribution is 0.593. The molecule has 1 aliphatic carbocycles. The summed E-state index contributed by atoms with van der Waals surface area (Å²) in [4.78, 5) is 21.1. The molecule has 0 amide bonds. The highest BCUT2D eigenvalue weighted by atomic mass is 32.1. The predicted molar refractivity (Wildman–Crippen MR) is 152 cm³/mol. The van der Waals surface area contributed by atoms with E-state index in [1.807, 2.05) is 16.7 Å². The summed E-state index contributed by atoms with van der Waals surface area (Å²) < 4.78 is 4.90. The molecule has 1 aliphatic heterocycles. The maximum absolute atomic E-state index is 14.0. The quantitative estimate of drug-likeness (QED) is 0.298. The Hall–Kier alpha value is -3.74. The van der Waals surface area contributed by atoms with Gasteiger partial charge in [0.15, 0.2) is 4.80 Å². The molecule has 4 heterocycles. The topological polar surface area (TPSA) is 39.3 Å². The maximum Gasteiger partial charge on any atom is 0.271 e. The lowest BCUT2D eigenvalue weighted by atomic mass is 9.85. The van der Waals surface area contributed by atoms with Crippen LogP contribution in [0.1, 0.15) is 45.4 Å². The van der Waals surface area contributed by atoms with Crippen LogP contribution in [0.5, 0.6) is 0 Å². The molecule has 1 atom stereocenters. The van der Waals surface area contributed by atoms with Gasteiger partial charge in [-0.15, -0.1) is 11.3 Å². The fourth-order valence-corrected chi connectivity index (χ4v) is 7.61. The monoisotopic (exact) mass is 519 g/mol. The number of nitrogens with zero attached hydrogens (tertiary/aromatic N) is 3. The number of benzene rings is 2. The van der Waals surface area contributed by atoms with Crippen LogP contribution in [-0.4, -0.2) is 9.13 Å². The van der Waals surface area contributed by atoms with Crippen molar-refractivity contribution in [1.29, 1.82) is 0 Å². The summed E-state index contributed by atoms with van der Waals surface area (Å²) in [6.45, 7) is 4.23. The lowest BCUT2D eigenvalue weighted by Crippen LogP contribution is -2.38. The molecule has 0 unspecified atom stereocenters. The summed E-state index contributed by atoms with van der Waals surface area (Å²) in [6.07, 6.45) is 3.94. The van der Waals surface area contributed by atoms with Crippen molar-refractivity contribution in [1.82, 2.24) is 9.13 Å². The van der Waals surface area contributed by atoms with Gasteiger partial charge in [-0.1, -0.05) is 59.9 Å². The zero-order valence-corrected chi connectivity index (χ0v) is 22.3. The van der Waals surface area contributed by atoms with Crippen LogP contribution < -0.4 is 14.9 Å². The fourth-order valence-electron chi connectivity index (χ4n) is 5.77. The van der Waals surface area contributed by atoms with Crippen molar-refractivity contribution in [2.75, 3.05) is 0 Å². The van der Waals surface area contributed by atoms with E-state index < -0.39 is 0 Å². The number of allylic oxidation sites excluding steroid dienone is 1. The summed E-state index contributed by atoms with van der Waals surface area (Å²) >= 11 is 3.21. The smallest absolute Gasteiger partial charge is 0.271 e. The first kappa shape index (κ1) is 22.5. The number of thiophene rings is 1. The molecule has 0 bridgehead atoms. The van der Waals surface area contributed by atoms with Gasteiger partial charge in [0, 0.05) is 27.5 Å². The molecule has 0 spiro atoms. The molecular formula is C31H25N3OS2. The summed E-state index contributed by atoms with van der Waals surface area (Å²) in [5, 5.41) is 2.10. The van der Waals surface area contributed by atoms with Crippen molar-refractivity contribution in [2.24, 2.45) is 4.99 Å². The molecule has 0 fully saturated rings. The van der Waals surface area contributed by atoms with Gasteiger partial charge in [-0.2, -0.15) is 0 Å². The van der Waals surface area contributed by atoms with Gasteiger partial charge in [0.25, 0.3) is 5.56 Å². The largest absolute Gasteiger partial charge is 0.318 e. The number of hydrogen-bond acceptors (Lipinski definition) is 4. The Kier molecular flexibility index (Phi) is 5.27. The van der Waals surface area contributed by atoms with Gasteiger partial charge >= 0.3 is 0 Å². The van der Waals surface area contributed by atoms with Gasteiger partial charge in [-0.05, 0) is 79.1 Å². The molecule has 5 aromatic rings. The molecule has 182 valence electrons. The van der Waals surface area contributed by atoms with E-state index in [1.165, 1.54) is 32.9 Å². The molecule has 2 aliphatic rings. The minimum absolute atomic E-state index is 0.0390. The van der Waals surface area contributed by atoms with E-state index in [-0.39, 0.29) is 11.6 Å². The van der Waals surface area contributed by atoms with Crippen molar-refractivity contribution >= 4 is 34.4 Å². The minimum Gasteiger partial charge on any atom is -0.318 e. The van der Waals surface area contributed by atoms with Gasteiger partial charge in [-0.25, -0.2) is 4.99 Å². The molecule has 0 radical (unpaired) electrons. The van der Waals surface area contributed by atoms with Crippen LogP contribution in [-0.2, 0) is 6.42 Å². The van der Waals surface area contributed by atoms with Crippen molar-refractivity contribution in [3.8, 4) is 5.69 Å². The number of para-hydroxylation sites is 1. The highest BCUT2D eigenvalue weighted by molar-refractivity contribution is 7.10. The highest BCUT2D eigenvalue weighted by Crippen LogP contribution is 2.42. The van der Waals surface area contributed by atoms with Crippen molar-refractivity contribution < 1.29 is 0 Å². The molecule has 3 aromatic heterocycles. The molecule has 0 saturated carbocycles. The molecule has 2 aromatic carbocycles. The second kappa shape index (κ2) is 8.68. The Labute approximate surface area is 222 Å². The lowest BCUT2D eigenvalue weighted by Gasteiger charge is -2.30. The van der Waals surface area contributed by atoms with Gasteiger partial charge in [0.1, 0.15) is 0 Å². The van der Waals surface area contributed by atoms with E-state index in [0.717, 1.165) is 50.5 Å². The summed E-state index contributed by atoms with van der Waals surface area (Å²) in [5.74, 6) is 0. The average molecular weight is 520 g/mol. The van der Waals surface area contributed by atoms with Gasteiger partial charge in [0.05, 0.1) is 16.3 Å². The number of hydrogen-bond donors (Lipinski definition) is 0. The van der Waals surface area contributed by atoms with Crippen LogP contribution in [0.25, 0.3) is 17.5 Å². The third kappa shape index (κ3) is 3.55. The number of aryl methyl sites for hydroxylation is 2. The van der Waals surface area contributed by atoms with E-state index in [1.54, 1.807) is 11.3 Å². The van der Waals surface area contributed by atoms with E-state index in [0.29, 0.717) is 0 Å². The SMILES string of the molecule is Cc1cc(/C=c2/sc3n(c2=O)[C@H](c2cccs2)C2=C(N=3)c3ccccc3CC2)c(C)n1-c1ccccc1. The summed E-state index contributed by atoms with van der Waals surface area (Å²) in [5.41, 5.74) is 9.34. The zero-order chi connectivity index (χ0) is 25.1. The molecule has 7 rings (SSSR count). The van der Waals surface area contributed by atoms with Crippen molar-refractivity contribution in [3.63, 3.8) is 0 Å². The van der Waals surface area contributed by atoms with Crippen molar-refractivity contribution in [3.05, 3.63) is 136 Å². The van der Waals surface area contributed by atoms with Gasteiger partial charge in [-0.3, -0.25) is 9.36 Å². The second-order valence-electron chi connectivity index (χ2n) is 9.63. The third-order valence-electron chi connectivity index (χ3n) is 7.46. The number of fused-ring (bicyclic) bond motifs is 3. The van der Waals surface area contributed by atoms with Crippen LogP contribution in [0.4, 0.5) is 0 Å². The Morgan fingerprint density at radius 3 is 2.59 bits per heavy atom. The highest BCUT2D eigenvalue weighted by Gasteiger charge is 2.33. The van der Waals surface area contributed by atoms with E-state index >= 15 is 0 Å². The average Bonchev–Trinajstić information content (AvgIpc) is 3.63. The number of thiazole rings is 1. The van der Waals surface area contributed by atoms with Crippen LogP contribution >= 0.6 is 22.7 Å². The van der Waals surface area contributed by atoms with Crippen LogP contribution in [0, 0.1) is 13.8 Å². The Morgan fingerprint density at radius 1 is 0.973 bits per heavy atom. The third-order valence-corrected chi connectivity index (χ3v) is 9.36. The number of aromatic nitrogens is 2. The van der Waals surface area contributed by atoms with Gasteiger partial charge < -0.3 is 4.57 Å². The molecular weight excluding hydrogens is 494 g/mol. The van der Waals surface area contributed by atoms with Crippen molar-refractivity contribution in [2.45, 2.75) is 32.7 Å². The predicted octanol–water partition coefficient (Wildman–Crippen LogP) is 5.79. The Morgan fingerprint density at radius 2 is 1.78 bits per heavy atom. The maximum atomic E-state index is 14.0. The Bertz CT molecular complexity index is 1870. The molecule has 0 saturated heterocycles. The Balaban J connectivity index is 1.44. The van der Waals surface area contributed by atoms with Crippen LogP contribution in [0.15, 0.2) is 93.5 Å². The molecule has 6 heteroatoms. The van der Waals surface area contributed by atoms with E-state index in [4.69, 9.17) is 4.99 Å². The fraction of sp³-hybridized carbons (Fsp3) is 0.161. The normalized spacial score (nSPS) is 16.8. The van der Waals surface area contributed by atoms with Gasteiger partial charge in [0.2, 0.25) is 0 Å². The van der Waals surface area contributed by atoms with Crippen LogP contribution in [0.3, 0.4) is 0 Å². The van der Waals surface area contributed by atoms with E-state index in [2.05, 4.69) is 90.5 Å². The standard InChI is InChI=1S/C31H25N3OS2/c1-19-17-22(20(2)33(19)23-10-4-3-5-11-23)18-27-30(35)34-29(26-13-8-16-36-26)25-15-14-21-9-6-7-12-24(21)28(25)32-31(34)37-27/h3-13,16-18,29H,14-15H2,1-2H3/b27-18+/t29-/m0/s1. The summed E-state index contributed by atoms with van der Waals surface area (Å²) in [6, 6.07) is 25.2. The number of rotatable bonds is 3. The molecule has 0 N–H and O–H groups in total. The summed E-state index contributed by atoms with van der Waals surface area (Å²) in [7, 11) is 0. The van der Waals surface area contributed by atoms with Crippen LogP contribution in [0.2, 0.25) is 0 Å². The first-order valence-electron chi connectivity index (χ1n) is 12.5. The molecule has 4 nitrogen and oxygen atoms in total. The molecule has 37 heavy (non-hydrogen) atoms. The second-order valence-corrected chi connectivity index (χ2v) is 11.6. The first-order valence-corrected chi connectivity index (χ1v) is 14.2. The zero-order valence-electron chi connectivity index (χ0n) is 20.6. The minimum atomic E-state index is -0.0986. The van der Waals surface area contributed by atoms with E-state index in [9.17, 15) is 4.79 Å².